The Morgan fingerprint density at radius 1 is 1.22 bits per heavy atom. The lowest BCUT2D eigenvalue weighted by Gasteiger charge is -2.31. The molecule has 1 aromatic heterocycles. The van der Waals surface area contributed by atoms with E-state index in [0.717, 1.165) is 59.6 Å². The highest BCUT2D eigenvalue weighted by Gasteiger charge is 2.26. The second kappa shape index (κ2) is 9.12. The average Bonchev–Trinajstić information content (AvgIpc) is 3.33. The Hall–Kier alpha value is -2.57. The molecule has 2 aromatic carbocycles. The first-order chi connectivity index (χ1) is 15.6. The van der Waals surface area contributed by atoms with E-state index in [0.29, 0.717) is 6.54 Å². The number of benzene rings is 2. The molecule has 166 valence electrons. The highest BCUT2D eigenvalue weighted by atomic mass is 32.2. The predicted octanol–water partition coefficient (Wildman–Crippen LogP) is 5.50. The van der Waals surface area contributed by atoms with Crippen molar-refractivity contribution < 1.29 is 9.47 Å². The van der Waals surface area contributed by atoms with E-state index in [4.69, 9.17) is 19.5 Å². The van der Waals surface area contributed by atoms with Crippen molar-refractivity contribution >= 4 is 27.8 Å². The molecular weight excluding hydrogens is 418 g/mol. The highest BCUT2D eigenvalue weighted by Crippen LogP contribution is 2.36. The second-order valence-electron chi connectivity index (χ2n) is 8.56. The summed E-state index contributed by atoms with van der Waals surface area (Å²) in [7, 11) is 1.73. The Kier molecular flexibility index (Phi) is 6.07. The number of pyridine rings is 1. The monoisotopic (exact) mass is 447 g/mol. The van der Waals surface area contributed by atoms with Crippen molar-refractivity contribution in [1.82, 2.24) is 9.88 Å². The van der Waals surface area contributed by atoms with Crippen molar-refractivity contribution in [2.75, 3.05) is 20.3 Å². The number of thioether (sulfide) groups is 1. The van der Waals surface area contributed by atoms with Crippen molar-refractivity contribution in [2.45, 2.75) is 50.9 Å². The molecule has 2 aliphatic heterocycles. The maximum Gasteiger partial charge on any atom is 0.166 e. The van der Waals surface area contributed by atoms with Crippen molar-refractivity contribution in [3.05, 3.63) is 64.7 Å². The number of nitrogens with zero attached hydrogens (tertiary/aromatic N) is 3. The van der Waals surface area contributed by atoms with E-state index in [2.05, 4.69) is 49.1 Å². The van der Waals surface area contributed by atoms with Crippen LogP contribution in [0.3, 0.4) is 0 Å². The van der Waals surface area contributed by atoms with Gasteiger partial charge in [-0.2, -0.15) is 0 Å². The van der Waals surface area contributed by atoms with Crippen LogP contribution in [0, 0.1) is 13.8 Å². The van der Waals surface area contributed by atoms with Gasteiger partial charge in [-0.1, -0.05) is 30.3 Å². The second-order valence-corrected chi connectivity index (χ2v) is 9.52. The number of hydrogen-bond donors (Lipinski definition) is 0. The first-order valence-electron chi connectivity index (χ1n) is 11.2. The maximum atomic E-state index is 5.82. The number of para-hydroxylation sites is 1. The molecule has 3 heterocycles. The molecule has 6 heteroatoms. The molecule has 0 bridgehead atoms. The van der Waals surface area contributed by atoms with Gasteiger partial charge in [0.25, 0.3) is 0 Å². The van der Waals surface area contributed by atoms with Crippen molar-refractivity contribution in [3.8, 4) is 5.75 Å². The van der Waals surface area contributed by atoms with Crippen molar-refractivity contribution in [3.63, 3.8) is 0 Å². The summed E-state index contributed by atoms with van der Waals surface area (Å²) in [6.45, 7) is 7.37. The average molecular weight is 448 g/mol. The van der Waals surface area contributed by atoms with Gasteiger partial charge >= 0.3 is 0 Å². The summed E-state index contributed by atoms with van der Waals surface area (Å²) in [4.78, 5) is 12.4. The lowest BCUT2D eigenvalue weighted by Crippen LogP contribution is -2.32. The van der Waals surface area contributed by atoms with Crippen LogP contribution in [0.15, 0.2) is 52.5 Å². The number of aromatic nitrogens is 1. The summed E-state index contributed by atoms with van der Waals surface area (Å²) in [5, 5.41) is 3.27. The summed E-state index contributed by atoms with van der Waals surface area (Å²) in [6.07, 6.45) is 2.45. The van der Waals surface area contributed by atoms with Crippen LogP contribution in [0.1, 0.15) is 35.1 Å². The third-order valence-corrected chi connectivity index (χ3v) is 7.50. The molecule has 32 heavy (non-hydrogen) atoms. The molecule has 1 atom stereocenters. The zero-order chi connectivity index (χ0) is 22.1. The third-order valence-electron chi connectivity index (χ3n) is 6.38. The molecule has 0 spiro atoms. The first kappa shape index (κ1) is 21.3. The van der Waals surface area contributed by atoms with E-state index in [1.54, 1.807) is 18.9 Å². The molecule has 0 amide bonds. The molecule has 1 unspecified atom stereocenters. The smallest absolute Gasteiger partial charge is 0.166 e. The van der Waals surface area contributed by atoms with Crippen LogP contribution in [0.4, 0.5) is 0 Å². The Morgan fingerprint density at radius 3 is 2.91 bits per heavy atom. The van der Waals surface area contributed by atoms with Crippen LogP contribution >= 0.6 is 11.8 Å². The Labute approximate surface area is 193 Å². The summed E-state index contributed by atoms with van der Waals surface area (Å²) in [5.74, 6) is 0.907. The van der Waals surface area contributed by atoms with Crippen LogP contribution in [-0.2, 0) is 17.8 Å². The largest absolute Gasteiger partial charge is 0.496 e. The zero-order valence-electron chi connectivity index (χ0n) is 18.9. The first-order valence-corrected chi connectivity index (χ1v) is 12.0. The van der Waals surface area contributed by atoms with E-state index in [1.165, 1.54) is 22.1 Å². The lowest BCUT2D eigenvalue weighted by atomic mass is 10.0. The Morgan fingerprint density at radius 2 is 2.09 bits per heavy atom. The molecule has 0 aliphatic carbocycles. The van der Waals surface area contributed by atoms with Crippen LogP contribution in [0.25, 0.3) is 10.9 Å². The minimum absolute atomic E-state index is 0.229. The topological polar surface area (TPSA) is 47.0 Å². The number of aliphatic imine (C=N–C) groups is 1. The van der Waals surface area contributed by atoms with Gasteiger partial charge < -0.3 is 14.4 Å². The molecule has 3 aromatic rings. The highest BCUT2D eigenvalue weighted by molar-refractivity contribution is 8.13. The van der Waals surface area contributed by atoms with Crippen LogP contribution in [-0.4, -0.2) is 41.4 Å². The van der Waals surface area contributed by atoms with Gasteiger partial charge in [-0.25, -0.2) is 4.98 Å². The normalized spacial score (nSPS) is 19.5. The van der Waals surface area contributed by atoms with Gasteiger partial charge in [0, 0.05) is 36.2 Å². The van der Waals surface area contributed by atoms with E-state index in [9.17, 15) is 0 Å². The molecular formula is C26H29N3O2S. The van der Waals surface area contributed by atoms with Gasteiger partial charge in [-0.05, 0) is 61.7 Å². The fraction of sp³-hybridized carbons (Fsp3) is 0.385. The number of ether oxygens (including phenoxy) is 2. The van der Waals surface area contributed by atoms with E-state index in [1.807, 2.05) is 12.1 Å². The van der Waals surface area contributed by atoms with E-state index in [-0.39, 0.29) is 6.10 Å². The lowest BCUT2D eigenvalue weighted by molar-refractivity contribution is 0.117. The number of hydrogen-bond acceptors (Lipinski definition) is 5. The minimum Gasteiger partial charge on any atom is -0.496 e. The molecule has 5 nitrogen and oxygen atoms in total. The number of aryl methyl sites for hydroxylation is 2. The molecule has 0 saturated carbocycles. The van der Waals surface area contributed by atoms with E-state index >= 15 is 0 Å². The molecule has 0 N–H and O–H groups in total. The van der Waals surface area contributed by atoms with Gasteiger partial charge in [0.1, 0.15) is 10.8 Å². The number of methoxy groups -OCH3 is 1. The van der Waals surface area contributed by atoms with Gasteiger partial charge in [-0.15, -0.1) is 0 Å². The molecule has 5 rings (SSSR count). The summed E-state index contributed by atoms with van der Waals surface area (Å²) in [5.41, 5.74) is 6.02. The predicted molar refractivity (Wildman–Crippen MR) is 131 cm³/mol. The van der Waals surface area contributed by atoms with Gasteiger partial charge in [0.15, 0.2) is 5.17 Å². The fourth-order valence-electron chi connectivity index (χ4n) is 4.40. The fourth-order valence-corrected chi connectivity index (χ4v) is 5.36. The number of amidine groups is 1. The van der Waals surface area contributed by atoms with Gasteiger partial charge in [0.05, 0.1) is 25.3 Å². The van der Waals surface area contributed by atoms with E-state index < -0.39 is 0 Å². The van der Waals surface area contributed by atoms with Crippen molar-refractivity contribution in [1.29, 1.82) is 0 Å². The van der Waals surface area contributed by atoms with Gasteiger partial charge in [0.2, 0.25) is 0 Å². The Balaban J connectivity index is 1.51. The SMILES string of the molecule is COc1ccccc1CN1Cc2cc3ccc(C)c(C)c3nc2SC1=NCC1CCCO1. The summed E-state index contributed by atoms with van der Waals surface area (Å²) >= 11 is 1.68. The Bertz CT molecular complexity index is 1170. The third kappa shape index (κ3) is 4.21. The summed E-state index contributed by atoms with van der Waals surface area (Å²) in [6, 6.07) is 14.9. The molecule has 0 radical (unpaired) electrons. The number of rotatable bonds is 5. The van der Waals surface area contributed by atoms with Crippen LogP contribution in [0.2, 0.25) is 0 Å². The maximum absolute atomic E-state index is 5.82. The zero-order valence-corrected chi connectivity index (χ0v) is 19.7. The van der Waals surface area contributed by atoms with Gasteiger partial charge in [-0.3, -0.25) is 4.99 Å². The quantitative estimate of drug-likeness (QED) is 0.517. The van der Waals surface area contributed by atoms with Crippen molar-refractivity contribution in [2.24, 2.45) is 4.99 Å². The molecule has 2 aliphatic rings. The van der Waals surface area contributed by atoms with Crippen LogP contribution < -0.4 is 4.74 Å². The standard InChI is InChI=1S/C26H29N3O2S/c1-17-10-11-19-13-21-16-29(15-20-7-4-5-9-23(20)30-3)26(27-14-22-8-6-12-31-22)32-25(21)28-24(19)18(17)2/h4-5,7,9-11,13,22H,6,8,12,14-16H2,1-3H3. The van der Waals surface area contributed by atoms with Crippen LogP contribution in [0.5, 0.6) is 5.75 Å². The number of fused-ring (bicyclic) bond motifs is 2. The minimum atomic E-state index is 0.229. The summed E-state index contributed by atoms with van der Waals surface area (Å²) < 4.78 is 11.4. The molecule has 1 saturated heterocycles. The molecule has 1 fully saturated rings.